The summed E-state index contributed by atoms with van der Waals surface area (Å²) in [5, 5.41) is 9.34. The Kier molecular flexibility index (Phi) is 2.61. The third-order valence-electron chi connectivity index (χ3n) is 3.27. The van der Waals surface area contributed by atoms with Gasteiger partial charge in [-0.15, -0.1) is 0 Å². The highest BCUT2D eigenvalue weighted by Crippen LogP contribution is 2.30. The third-order valence-corrected chi connectivity index (χ3v) is 3.27. The van der Waals surface area contributed by atoms with Crippen LogP contribution in [0.15, 0.2) is 48.5 Å². The number of fused-ring (bicyclic) bond motifs is 1. The molecule has 0 saturated carbocycles. The van der Waals surface area contributed by atoms with Crippen molar-refractivity contribution in [2.75, 3.05) is 4.90 Å². The van der Waals surface area contributed by atoms with Gasteiger partial charge in [-0.2, -0.15) is 0 Å². The Morgan fingerprint density at radius 1 is 1.06 bits per heavy atom. The molecule has 0 unspecified atom stereocenters. The van der Waals surface area contributed by atoms with Crippen LogP contribution >= 0.6 is 0 Å². The number of anilines is 1. The molecular weight excluding hydrogens is 226 g/mol. The third kappa shape index (κ3) is 1.60. The van der Waals surface area contributed by atoms with Crippen molar-refractivity contribution < 1.29 is 9.90 Å². The predicted molar refractivity (Wildman–Crippen MR) is 69.3 cm³/mol. The molecule has 1 heterocycles. The molecule has 0 aromatic heterocycles. The quantitative estimate of drug-likeness (QED) is 0.873. The lowest BCUT2D eigenvalue weighted by molar-refractivity contribution is 0.0996. The van der Waals surface area contributed by atoms with Crippen LogP contribution in [0.25, 0.3) is 0 Å². The number of aliphatic hydroxyl groups excluding tert-OH is 1. The summed E-state index contributed by atoms with van der Waals surface area (Å²) in [4.78, 5) is 14.0. The molecule has 3 nitrogen and oxygen atoms in total. The van der Waals surface area contributed by atoms with E-state index in [1.165, 1.54) is 0 Å². The summed E-state index contributed by atoms with van der Waals surface area (Å²) < 4.78 is 0. The highest BCUT2D eigenvalue weighted by molar-refractivity contribution is 6.10. The molecule has 0 fully saturated rings. The number of benzene rings is 2. The average molecular weight is 239 g/mol. The Hall–Kier alpha value is -2.13. The second-order valence-corrected chi connectivity index (χ2v) is 4.34. The van der Waals surface area contributed by atoms with Crippen LogP contribution in [0.5, 0.6) is 0 Å². The Bertz CT molecular complexity index is 607. The topological polar surface area (TPSA) is 40.5 Å². The van der Waals surface area contributed by atoms with Gasteiger partial charge < -0.3 is 10.0 Å². The van der Waals surface area contributed by atoms with E-state index in [4.69, 9.17) is 0 Å². The summed E-state index contributed by atoms with van der Waals surface area (Å²) in [6.07, 6.45) is 0. The molecule has 0 saturated heterocycles. The zero-order chi connectivity index (χ0) is 12.5. The van der Waals surface area contributed by atoms with Crippen LogP contribution in [0.3, 0.4) is 0 Å². The highest BCUT2D eigenvalue weighted by Gasteiger charge is 2.28. The summed E-state index contributed by atoms with van der Waals surface area (Å²) in [7, 11) is 0. The fourth-order valence-electron chi connectivity index (χ4n) is 2.36. The lowest BCUT2D eigenvalue weighted by atomic mass is 10.1. The molecule has 3 heteroatoms. The van der Waals surface area contributed by atoms with Gasteiger partial charge in [0.2, 0.25) is 0 Å². The van der Waals surface area contributed by atoms with Gasteiger partial charge in [0, 0.05) is 16.8 Å². The van der Waals surface area contributed by atoms with Crippen molar-refractivity contribution >= 4 is 11.6 Å². The van der Waals surface area contributed by atoms with Crippen molar-refractivity contribution in [1.82, 2.24) is 0 Å². The van der Waals surface area contributed by atoms with Crippen LogP contribution in [-0.2, 0) is 13.2 Å². The molecule has 0 atom stereocenters. The Morgan fingerprint density at radius 3 is 2.56 bits per heavy atom. The van der Waals surface area contributed by atoms with Crippen LogP contribution in [-0.4, -0.2) is 11.0 Å². The Labute approximate surface area is 105 Å². The van der Waals surface area contributed by atoms with Gasteiger partial charge in [0.1, 0.15) is 0 Å². The number of para-hydroxylation sites is 1. The predicted octanol–water partition coefficient (Wildman–Crippen LogP) is 2.34. The van der Waals surface area contributed by atoms with Gasteiger partial charge in [-0.1, -0.05) is 36.4 Å². The average Bonchev–Trinajstić information content (AvgIpc) is 2.76. The van der Waals surface area contributed by atoms with Gasteiger partial charge in [0.25, 0.3) is 5.91 Å². The number of rotatable bonds is 2. The number of hydrogen-bond acceptors (Lipinski definition) is 2. The van der Waals surface area contributed by atoms with E-state index in [0.717, 1.165) is 22.4 Å². The van der Waals surface area contributed by atoms with Crippen LogP contribution in [0.1, 0.15) is 21.5 Å². The molecule has 0 aliphatic carbocycles. The number of hydrogen-bond donors (Lipinski definition) is 1. The minimum atomic E-state index is -0.0592. The number of carbonyl (C=O) groups is 1. The van der Waals surface area contributed by atoms with Crippen molar-refractivity contribution in [1.29, 1.82) is 0 Å². The fraction of sp³-hybridized carbons (Fsp3) is 0.133. The van der Waals surface area contributed by atoms with E-state index in [2.05, 4.69) is 0 Å². The van der Waals surface area contributed by atoms with Crippen LogP contribution in [0.4, 0.5) is 5.69 Å². The van der Waals surface area contributed by atoms with E-state index in [0.29, 0.717) is 6.54 Å². The monoisotopic (exact) mass is 239 g/mol. The van der Waals surface area contributed by atoms with Crippen LogP contribution in [0, 0.1) is 0 Å². The normalized spacial score (nSPS) is 13.8. The first-order valence-electron chi connectivity index (χ1n) is 5.90. The highest BCUT2D eigenvalue weighted by atomic mass is 16.3. The van der Waals surface area contributed by atoms with Crippen LogP contribution < -0.4 is 4.90 Å². The molecule has 0 radical (unpaired) electrons. The van der Waals surface area contributed by atoms with Crippen molar-refractivity contribution in [3.63, 3.8) is 0 Å². The van der Waals surface area contributed by atoms with Gasteiger partial charge in [-0.05, 0) is 17.7 Å². The molecule has 2 aromatic rings. The van der Waals surface area contributed by atoms with Crippen molar-refractivity contribution in [3.05, 3.63) is 65.2 Å². The van der Waals surface area contributed by atoms with E-state index >= 15 is 0 Å². The lowest BCUT2D eigenvalue weighted by Crippen LogP contribution is -2.24. The minimum absolute atomic E-state index is 0.00602. The summed E-state index contributed by atoms with van der Waals surface area (Å²) in [6.45, 7) is 0.516. The van der Waals surface area contributed by atoms with Crippen molar-refractivity contribution in [2.24, 2.45) is 0 Å². The second kappa shape index (κ2) is 4.27. The number of carbonyl (C=O) groups excluding carboxylic acids is 1. The Balaban J connectivity index is 2.04. The fourth-order valence-corrected chi connectivity index (χ4v) is 2.36. The van der Waals surface area contributed by atoms with Gasteiger partial charge in [0.15, 0.2) is 0 Å². The number of amides is 1. The molecule has 1 aliphatic heterocycles. The van der Waals surface area contributed by atoms with Gasteiger partial charge in [-0.25, -0.2) is 0 Å². The van der Waals surface area contributed by atoms with Crippen molar-refractivity contribution in [2.45, 2.75) is 13.2 Å². The standard InChI is InChI=1S/C15H13NO2/c17-10-12-6-2-4-8-14(12)16-9-11-5-1-3-7-13(11)15(16)18/h1-8,17H,9-10H2. The Morgan fingerprint density at radius 2 is 1.78 bits per heavy atom. The first kappa shape index (κ1) is 11.0. The smallest absolute Gasteiger partial charge is 0.258 e. The minimum Gasteiger partial charge on any atom is -0.392 e. The van der Waals surface area contributed by atoms with E-state index in [1.54, 1.807) is 4.90 Å². The van der Waals surface area contributed by atoms with E-state index in [1.807, 2.05) is 48.5 Å². The van der Waals surface area contributed by atoms with E-state index in [-0.39, 0.29) is 12.5 Å². The van der Waals surface area contributed by atoms with Gasteiger partial charge >= 0.3 is 0 Å². The number of aliphatic hydroxyl groups is 1. The summed E-state index contributed by atoms with van der Waals surface area (Å²) >= 11 is 0. The molecule has 1 aliphatic rings. The summed E-state index contributed by atoms with van der Waals surface area (Å²) in [5.41, 5.74) is 3.36. The molecule has 1 amide bonds. The maximum absolute atomic E-state index is 12.3. The molecule has 18 heavy (non-hydrogen) atoms. The molecule has 0 bridgehead atoms. The molecule has 2 aromatic carbocycles. The SMILES string of the molecule is O=C1c2ccccc2CN1c1ccccc1CO. The first-order chi connectivity index (χ1) is 8.81. The maximum Gasteiger partial charge on any atom is 0.258 e. The van der Waals surface area contributed by atoms with Gasteiger partial charge in [0.05, 0.1) is 13.2 Å². The summed E-state index contributed by atoms with van der Waals surface area (Å²) in [5.74, 6) is 0.00602. The summed E-state index contributed by atoms with van der Waals surface area (Å²) in [6, 6.07) is 15.1. The maximum atomic E-state index is 12.3. The van der Waals surface area contributed by atoms with Gasteiger partial charge in [-0.3, -0.25) is 4.79 Å². The molecule has 0 spiro atoms. The van der Waals surface area contributed by atoms with Crippen LogP contribution in [0.2, 0.25) is 0 Å². The largest absolute Gasteiger partial charge is 0.392 e. The molecule has 1 N–H and O–H groups in total. The zero-order valence-corrected chi connectivity index (χ0v) is 9.84. The zero-order valence-electron chi connectivity index (χ0n) is 9.84. The lowest BCUT2D eigenvalue weighted by Gasteiger charge is -2.18. The molecular formula is C15H13NO2. The molecule has 90 valence electrons. The molecule has 3 rings (SSSR count). The number of nitrogens with zero attached hydrogens (tertiary/aromatic N) is 1. The first-order valence-corrected chi connectivity index (χ1v) is 5.90. The van der Waals surface area contributed by atoms with E-state index in [9.17, 15) is 9.90 Å². The second-order valence-electron chi connectivity index (χ2n) is 4.34. The van der Waals surface area contributed by atoms with Crippen molar-refractivity contribution in [3.8, 4) is 0 Å². The van der Waals surface area contributed by atoms with E-state index < -0.39 is 0 Å².